The maximum Gasteiger partial charge on any atom is 0.256 e. The van der Waals surface area contributed by atoms with Crippen molar-refractivity contribution in [2.45, 2.75) is 26.2 Å². The van der Waals surface area contributed by atoms with Crippen LogP contribution in [0, 0.1) is 6.92 Å². The number of hydrogen-bond donors (Lipinski definition) is 0. The molecule has 0 radical (unpaired) electrons. The molecule has 0 spiro atoms. The zero-order valence-electron chi connectivity index (χ0n) is 33.1. The Morgan fingerprint density at radius 2 is 1.15 bits per heavy atom. The van der Waals surface area contributed by atoms with Gasteiger partial charge >= 0.3 is 0 Å². The number of para-hydroxylation sites is 5. The van der Waals surface area contributed by atoms with Crippen molar-refractivity contribution in [3.63, 3.8) is 0 Å². The average molecular weight is 756 g/mol. The van der Waals surface area contributed by atoms with E-state index in [1.54, 1.807) is 0 Å². The summed E-state index contributed by atoms with van der Waals surface area (Å²) in [5.74, 6) is 1.80. The van der Waals surface area contributed by atoms with Gasteiger partial charge in [0.2, 0.25) is 0 Å². The molecule has 10 aromatic rings. The van der Waals surface area contributed by atoms with E-state index in [0.29, 0.717) is 0 Å². The van der Waals surface area contributed by atoms with Gasteiger partial charge in [-0.05, 0) is 76.4 Å². The van der Waals surface area contributed by atoms with Crippen LogP contribution in [-0.4, -0.2) is 15.8 Å². The summed E-state index contributed by atoms with van der Waals surface area (Å²) in [5, 5.41) is 3.74. The van der Waals surface area contributed by atoms with E-state index < -0.39 is 0 Å². The van der Waals surface area contributed by atoms with Gasteiger partial charge in [-0.2, -0.15) is 0 Å². The van der Waals surface area contributed by atoms with Crippen LogP contribution < -0.4 is 26.0 Å². The number of anilines is 3. The number of benzene rings is 8. The molecule has 0 atom stereocenters. The first kappa shape index (κ1) is 32.8. The molecule has 4 nitrogen and oxygen atoms in total. The predicted molar refractivity (Wildman–Crippen MR) is 246 cm³/mol. The van der Waals surface area contributed by atoms with Gasteiger partial charge in [0, 0.05) is 61.9 Å². The molecule has 0 bridgehead atoms. The fourth-order valence-corrected chi connectivity index (χ4v) is 11.0. The van der Waals surface area contributed by atoms with Gasteiger partial charge in [0.25, 0.3) is 6.71 Å². The van der Waals surface area contributed by atoms with Crippen molar-refractivity contribution in [1.29, 1.82) is 0 Å². The molecule has 5 heterocycles. The average Bonchev–Trinajstić information content (AvgIpc) is 3.76. The van der Waals surface area contributed by atoms with Crippen LogP contribution in [0.1, 0.15) is 30.7 Å². The molecule has 0 amide bonds. The lowest BCUT2D eigenvalue weighted by Gasteiger charge is -2.42. The number of hydrogen-bond acceptors (Lipinski definition) is 2. The predicted octanol–water partition coefficient (Wildman–Crippen LogP) is 11.7. The number of rotatable bonds is 3. The third kappa shape index (κ3) is 4.29. The second kappa shape index (κ2) is 11.7. The first-order valence-electron chi connectivity index (χ1n) is 20.6. The quantitative estimate of drug-likeness (QED) is 0.168. The summed E-state index contributed by atoms with van der Waals surface area (Å²) in [5.41, 5.74) is 19.3. The Hall–Kier alpha value is -7.24. The minimum atomic E-state index is -0.165. The molecule has 0 saturated carbocycles. The summed E-state index contributed by atoms with van der Waals surface area (Å²) in [4.78, 5) is 2.46. The van der Waals surface area contributed by atoms with Crippen molar-refractivity contribution in [1.82, 2.24) is 9.13 Å². The third-order valence-corrected chi connectivity index (χ3v) is 13.5. The summed E-state index contributed by atoms with van der Waals surface area (Å²) in [7, 11) is 0. The number of ether oxygens (including phenoxy) is 1. The summed E-state index contributed by atoms with van der Waals surface area (Å²) in [6.45, 7) is 6.95. The summed E-state index contributed by atoms with van der Waals surface area (Å²) in [6.07, 6.45) is 0. The highest BCUT2D eigenvalue weighted by Gasteiger charge is 2.43. The Morgan fingerprint density at radius 3 is 1.92 bits per heavy atom. The molecule has 59 heavy (non-hydrogen) atoms. The minimum absolute atomic E-state index is 0.0324. The van der Waals surface area contributed by atoms with Crippen molar-refractivity contribution in [2.24, 2.45) is 0 Å². The number of fused-ring (bicyclic) bond motifs is 9. The van der Waals surface area contributed by atoms with E-state index in [1.165, 1.54) is 88.6 Å². The second-order valence-electron chi connectivity index (χ2n) is 16.9. The van der Waals surface area contributed by atoms with E-state index in [4.69, 9.17) is 4.74 Å². The highest BCUT2D eigenvalue weighted by molar-refractivity contribution is 6.99. The fraction of sp³-hybridized carbons (Fsp3) is 0.0741. The van der Waals surface area contributed by atoms with Gasteiger partial charge in [-0.1, -0.05) is 141 Å². The Labute approximate surface area is 343 Å². The van der Waals surface area contributed by atoms with Crippen LogP contribution in [0.3, 0.4) is 0 Å². The van der Waals surface area contributed by atoms with Gasteiger partial charge in [0.1, 0.15) is 11.5 Å². The molecule has 0 N–H and O–H groups in total. The first-order valence-corrected chi connectivity index (χ1v) is 20.6. The van der Waals surface area contributed by atoms with E-state index in [-0.39, 0.29) is 12.1 Å². The monoisotopic (exact) mass is 755 g/mol. The molecule has 0 saturated heterocycles. The molecule has 5 heteroatoms. The third-order valence-electron chi connectivity index (χ3n) is 13.5. The molecule has 8 aromatic carbocycles. The molecular formula is C54H38BN3O. The molecule has 0 aliphatic carbocycles. The van der Waals surface area contributed by atoms with Crippen LogP contribution >= 0.6 is 0 Å². The van der Waals surface area contributed by atoms with E-state index in [2.05, 4.69) is 211 Å². The van der Waals surface area contributed by atoms with Gasteiger partial charge in [0.05, 0.1) is 28.1 Å². The van der Waals surface area contributed by atoms with E-state index in [1.807, 2.05) is 0 Å². The van der Waals surface area contributed by atoms with Crippen molar-refractivity contribution < 1.29 is 4.74 Å². The molecule has 2 aromatic heterocycles. The number of nitrogens with zero attached hydrogens (tertiary/aromatic N) is 3. The van der Waals surface area contributed by atoms with Crippen molar-refractivity contribution in [3.05, 3.63) is 193 Å². The van der Waals surface area contributed by atoms with E-state index >= 15 is 0 Å². The molecule has 13 rings (SSSR count). The zero-order valence-corrected chi connectivity index (χ0v) is 33.1. The lowest BCUT2D eigenvalue weighted by atomic mass is 9.34. The van der Waals surface area contributed by atoms with Crippen LogP contribution in [0.5, 0.6) is 11.5 Å². The maximum atomic E-state index is 7.36. The molecule has 0 unspecified atom stereocenters. The lowest BCUT2D eigenvalue weighted by Crippen LogP contribution is -2.58. The summed E-state index contributed by atoms with van der Waals surface area (Å²) < 4.78 is 12.3. The van der Waals surface area contributed by atoms with Crippen molar-refractivity contribution in [2.75, 3.05) is 4.90 Å². The first-order chi connectivity index (χ1) is 29.0. The van der Waals surface area contributed by atoms with Crippen LogP contribution in [0.15, 0.2) is 176 Å². The molecule has 278 valence electrons. The highest BCUT2D eigenvalue weighted by atomic mass is 16.5. The highest BCUT2D eigenvalue weighted by Crippen LogP contribution is 2.53. The Kier molecular flexibility index (Phi) is 6.49. The van der Waals surface area contributed by atoms with Crippen molar-refractivity contribution in [3.8, 4) is 34.0 Å². The number of aromatic nitrogens is 2. The smallest absolute Gasteiger partial charge is 0.256 e. The summed E-state index contributed by atoms with van der Waals surface area (Å²) in [6, 6.07) is 64.6. The topological polar surface area (TPSA) is 22.3 Å². The van der Waals surface area contributed by atoms with Crippen LogP contribution in [0.25, 0.3) is 55.2 Å². The summed E-state index contributed by atoms with van der Waals surface area (Å²) >= 11 is 0. The lowest BCUT2D eigenvalue weighted by molar-refractivity contribution is 0.488. The van der Waals surface area contributed by atoms with E-state index in [0.717, 1.165) is 28.4 Å². The van der Waals surface area contributed by atoms with E-state index in [9.17, 15) is 0 Å². The fourth-order valence-electron chi connectivity index (χ4n) is 11.0. The molecular weight excluding hydrogens is 717 g/mol. The Balaban J connectivity index is 1.14. The van der Waals surface area contributed by atoms with Gasteiger partial charge in [-0.3, -0.25) is 0 Å². The Bertz CT molecular complexity index is 3360. The standard InChI is InChI=1S/C54H38BN3O/c1-33-51(34-17-6-4-7-18-34)38-22-16-25-42-53(38)56(33)48-29-36(58-45-27-14-11-23-40(45)54(2,3)41-24-12-15-28-46(41)58)30-50-52(48)55(42)43-31-39-37-21-10-13-26-44(37)57(35-19-8-5-9-20-35)47(39)32-49(43)59-50/h4-32H,1-3H3. The van der Waals surface area contributed by atoms with Crippen LogP contribution in [-0.2, 0) is 5.41 Å². The normalized spacial score (nSPS) is 14.2. The SMILES string of the molecule is Cc1c(-c2ccccc2)c2cccc3c2n1-c1cc(N2c4ccccc4C(C)(C)c4ccccc42)cc2c1B3c1cc3c4ccccc4n(-c4ccccc4)c3cc1O2. The Morgan fingerprint density at radius 1 is 0.492 bits per heavy atom. The maximum absolute atomic E-state index is 7.36. The molecule has 3 aliphatic heterocycles. The minimum Gasteiger partial charge on any atom is -0.458 e. The van der Waals surface area contributed by atoms with Gasteiger partial charge < -0.3 is 18.8 Å². The van der Waals surface area contributed by atoms with Crippen LogP contribution in [0.4, 0.5) is 17.1 Å². The van der Waals surface area contributed by atoms with Crippen LogP contribution in [0.2, 0.25) is 0 Å². The molecule has 0 fully saturated rings. The second-order valence-corrected chi connectivity index (χ2v) is 16.9. The van der Waals surface area contributed by atoms with Crippen molar-refractivity contribution >= 4 is 72.9 Å². The van der Waals surface area contributed by atoms with Gasteiger partial charge in [-0.25, -0.2) is 0 Å². The van der Waals surface area contributed by atoms with Gasteiger partial charge in [-0.15, -0.1) is 0 Å². The van der Waals surface area contributed by atoms with Gasteiger partial charge in [0.15, 0.2) is 0 Å². The molecule has 3 aliphatic rings. The largest absolute Gasteiger partial charge is 0.458 e. The zero-order chi connectivity index (χ0) is 39.1.